The first kappa shape index (κ1) is 25.2. The number of carbonyl (C=O) groups excluding carboxylic acids is 1. The topological polar surface area (TPSA) is 114 Å². The number of aromatic nitrogens is 2. The number of ether oxygens (including phenoxy) is 2. The zero-order valence-corrected chi connectivity index (χ0v) is 19.6. The molecule has 2 aromatic carbocycles. The third kappa shape index (κ3) is 5.57. The summed E-state index contributed by atoms with van der Waals surface area (Å²) in [5.41, 5.74) is -2.28. The smallest absolute Gasteiger partial charge is 0.435 e. The van der Waals surface area contributed by atoms with Crippen molar-refractivity contribution in [2.75, 3.05) is 18.7 Å². The highest BCUT2D eigenvalue weighted by molar-refractivity contribution is 7.91. The van der Waals surface area contributed by atoms with E-state index in [0.29, 0.717) is 5.02 Å². The Morgan fingerprint density at radius 3 is 2.47 bits per heavy atom. The average Bonchev–Trinajstić information content (AvgIpc) is 2.73. The molecule has 1 atom stereocenters. The van der Waals surface area contributed by atoms with Crippen molar-refractivity contribution in [2.24, 2.45) is 0 Å². The number of benzene rings is 2. The minimum absolute atomic E-state index is 0.0383. The molecule has 0 bridgehead atoms. The van der Waals surface area contributed by atoms with E-state index < -0.39 is 44.5 Å². The zero-order chi connectivity index (χ0) is 25.3. The van der Waals surface area contributed by atoms with Crippen LogP contribution in [0.5, 0.6) is 17.4 Å². The third-order valence-corrected chi connectivity index (χ3v) is 5.94. The van der Waals surface area contributed by atoms with Crippen LogP contribution in [0.25, 0.3) is 0 Å². The maximum Gasteiger partial charge on any atom is 0.435 e. The number of anilines is 1. The van der Waals surface area contributed by atoms with Crippen molar-refractivity contribution < 1.29 is 31.6 Å². The van der Waals surface area contributed by atoms with Crippen molar-refractivity contribution >= 4 is 32.9 Å². The van der Waals surface area contributed by atoms with Crippen LogP contribution < -0.4 is 14.8 Å². The molecule has 180 valence electrons. The minimum atomic E-state index is -4.87. The summed E-state index contributed by atoms with van der Waals surface area (Å²) in [6.45, 7) is 1.07. The van der Waals surface area contributed by atoms with Gasteiger partial charge >= 0.3 is 6.18 Å². The van der Waals surface area contributed by atoms with Gasteiger partial charge in [0.05, 0.1) is 16.8 Å². The van der Waals surface area contributed by atoms with E-state index in [1.165, 1.54) is 55.8 Å². The first-order valence-corrected chi connectivity index (χ1v) is 11.8. The van der Waals surface area contributed by atoms with Gasteiger partial charge in [-0.15, -0.1) is 10.2 Å². The highest BCUT2D eigenvalue weighted by Gasteiger charge is 2.38. The molecule has 34 heavy (non-hydrogen) atoms. The van der Waals surface area contributed by atoms with Gasteiger partial charge in [0.2, 0.25) is 0 Å². The van der Waals surface area contributed by atoms with Crippen LogP contribution in [0, 0.1) is 11.7 Å². The lowest BCUT2D eigenvalue weighted by atomic mass is 10.1. The van der Waals surface area contributed by atoms with Crippen LogP contribution in [0.4, 0.5) is 18.9 Å². The summed E-state index contributed by atoms with van der Waals surface area (Å²) in [5, 5.41) is 9.46. The molecule has 0 aliphatic rings. The van der Waals surface area contributed by atoms with Crippen LogP contribution in [0.3, 0.4) is 0 Å². The molecular weight excluding hydrogens is 497 g/mol. The number of nitrogens with zero attached hydrogens (tertiary/aromatic N) is 2. The van der Waals surface area contributed by atoms with E-state index in [4.69, 9.17) is 25.9 Å². The molecule has 3 aromatic rings. The summed E-state index contributed by atoms with van der Waals surface area (Å²) in [4.78, 5) is 13.2. The number of alkyl halides is 3. The van der Waals surface area contributed by atoms with Gasteiger partial charge in [-0.2, -0.15) is 13.2 Å². The molecule has 1 aromatic heterocycles. The van der Waals surface area contributed by atoms with Crippen LogP contribution in [0.2, 0.25) is 5.02 Å². The Balaban J connectivity index is 2.09. The lowest BCUT2D eigenvalue weighted by molar-refractivity contribution is -0.142. The highest BCUT2D eigenvalue weighted by Crippen LogP contribution is 2.38. The van der Waals surface area contributed by atoms with Crippen molar-refractivity contribution in [3.8, 4) is 17.4 Å². The predicted octanol–water partition coefficient (Wildman–Crippen LogP) is 5.55. The number of halogens is 4. The van der Waals surface area contributed by atoms with E-state index >= 15 is 0 Å². The second-order valence-corrected chi connectivity index (χ2v) is 9.67. The van der Waals surface area contributed by atoms with Gasteiger partial charge < -0.3 is 14.8 Å². The standard InChI is InChI=1S/C21H18ClF3N4O4S/c1-11-17(19(30)27-13-5-4-6-14(10-13)34(3,26)31)20(29-28-18(11)21(23,24)25)33-15-8-7-12(22)9-16(15)32-2/h4-10,26H,1-3H3,(H,27,30)/t34-/m0/s1. The maximum absolute atomic E-state index is 13.5. The van der Waals surface area contributed by atoms with E-state index in [2.05, 4.69) is 15.5 Å². The molecule has 0 aliphatic heterocycles. The molecule has 13 heteroatoms. The summed E-state index contributed by atoms with van der Waals surface area (Å²) < 4.78 is 70.9. The van der Waals surface area contributed by atoms with Crippen LogP contribution in [0.15, 0.2) is 47.4 Å². The maximum atomic E-state index is 13.5. The van der Waals surface area contributed by atoms with Crippen molar-refractivity contribution in [1.29, 1.82) is 4.78 Å². The number of rotatable bonds is 6. The minimum Gasteiger partial charge on any atom is -0.493 e. The molecule has 8 nitrogen and oxygen atoms in total. The van der Waals surface area contributed by atoms with Gasteiger partial charge in [-0.25, -0.2) is 8.99 Å². The SMILES string of the molecule is COc1cc(Cl)ccc1Oc1nnc(C(F)(F)F)c(C)c1C(=O)Nc1cccc([S@@](C)(=N)=O)c1. The van der Waals surface area contributed by atoms with Gasteiger partial charge in [0, 0.05) is 27.9 Å². The average molecular weight is 515 g/mol. The van der Waals surface area contributed by atoms with E-state index in [1.54, 1.807) is 0 Å². The number of amides is 1. The van der Waals surface area contributed by atoms with Crippen molar-refractivity contribution in [3.63, 3.8) is 0 Å². The Morgan fingerprint density at radius 2 is 1.85 bits per heavy atom. The summed E-state index contributed by atoms with van der Waals surface area (Å²) in [7, 11) is -1.76. The van der Waals surface area contributed by atoms with Gasteiger partial charge in [-0.05, 0) is 42.8 Å². The van der Waals surface area contributed by atoms with Crippen LogP contribution in [0.1, 0.15) is 21.6 Å². The largest absolute Gasteiger partial charge is 0.493 e. The summed E-state index contributed by atoms with van der Waals surface area (Å²) >= 11 is 5.92. The molecule has 0 spiro atoms. The van der Waals surface area contributed by atoms with Crippen LogP contribution in [-0.4, -0.2) is 33.7 Å². The van der Waals surface area contributed by atoms with E-state index in [1.807, 2.05) is 0 Å². The second kappa shape index (κ2) is 9.47. The molecule has 2 N–H and O–H groups in total. The quantitative estimate of drug-likeness (QED) is 0.446. The fraction of sp³-hybridized carbons (Fsp3) is 0.190. The molecule has 0 saturated heterocycles. The van der Waals surface area contributed by atoms with Gasteiger partial charge in [0.25, 0.3) is 11.8 Å². The number of nitrogens with one attached hydrogen (secondary N) is 2. The number of hydrogen-bond donors (Lipinski definition) is 2. The summed E-state index contributed by atoms with van der Waals surface area (Å²) in [6.07, 6.45) is -3.67. The Bertz CT molecular complexity index is 1360. The number of hydrogen-bond acceptors (Lipinski definition) is 7. The predicted molar refractivity (Wildman–Crippen MR) is 119 cm³/mol. The van der Waals surface area contributed by atoms with Crippen molar-refractivity contribution in [2.45, 2.75) is 18.0 Å². The molecule has 1 amide bonds. The Kier molecular flexibility index (Phi) is 7.03. The van der Waals surface area contributed by atoms with Gasteiger partial charge in [0.1, 0.15) is 5.56 Å². The van der Waals surface area contributed by atoms with Gasteiger partial charge in [-0.1, -0.05) is 17.7 Å². The normalized spacial score (nSPS) is 13.1. The lowest BCUT2D eigenvalue weighted by Crippen LogP contribution is -2.21. The summed E-state index contributed by atoms with van der Waals surface area (Å²) in [5.74, 6) is -1.29. The van der Waals surface area contributed by atoms with Gasteiger partial charge in [0.15, 0.2) is 17.2 Å². The number of methoxy groups -OCH3 is 1. The molecule has 3 rings (SSSR count). The van der Waals surface area contributed by atoms with Gasteiger partial charge in [-0.3, -0.25) is 4.79 Å². The van der Waals surface area contributed by atoms with E-state index in [0.717, 1.165) is 6.92 Å². The monoisotopic (exact) mass is 514 g/mol. The van der Waals surface area contributed by atoms with E-state index in [9.17, 15) is 22.2 Å². The number of carbonyl (C=O) groups is 1. The Hall–Kier alpha value is -3.38. The first-order chi connectivity index (χ1) is 15.8. The fourth-order valence-electron chi connectivity index (χ4n) is 2.95. The molecular formula is C21H18ClF3N4O4S. The van der Waals surface area contributed by atoms with Crippen LogP contribution in [-0.2, 0) is 15.9 Å². The zero-order valence-electron chi connectivity index (χ0n) is 18.0. The van der Waals surface area contributed by atoms with Crippen LogP contribution >= 0.6 is 11.6 Å². The molecule has 1 heterocycles. The second-order valence-electron chi connectivity index (χ2n) is 7.07. The summed E-state index contributed by atoms with van der Waals surface area (Å²) in [6, 6.07) is 9.89. The Labute approximate surface area is 198 Å². The highest BCUT2D eigenvalue weighted by atomic mass is 35.5. The first-order valence-electron chi connectivity index (χ1n) is 9.42. The Morgan fingerprint density at radius 1 is 1.15 bits per heavy atom. The molecule has 0 aliphatic carbocycles. The third-order valence-electron chi connectivity index (χ3n) is 4.55. The molecule has 0 fully saturated rings. The fourth-order valence-corrected chi connectivity index (χ4v) is 3.80. The van der Waals surface area contributed by atoms with E-state index in [-0.39, 0.29) is 22.1 Å². The molecule has 0 saturated carbocycles. The molecule has 0 radical (unpaired) electrons. The lowest BCUT2D eigenvalue weighted by Gasteiger charge is -2.17. The molecule has 0 unspecified atom stereocenters. The van der Waals surface area contributed by atoms with Crippen molar-refractivity contribution in [3.05, 3.63) is 64.3 Å². The van der Waals surface area contributed by atoms with Crippen molar-refractivity contribution in [1.82, 2.24) is 10.2 Å².